The van der Waals surface area contributed by atoms with Crippen molar-refractivity contribution in [1.82, 2.24) is 0 Å². The molecule has 0 heterocycles. The molecule has 1 nitrogen and oxygen atoms in total. The van der Waals surface area contributed by atoms with Crippen molar-refractivity contribution in [2.24, 2.45) is 5.92 Å². The van der Waals surface area contributed by atoms with E-state index in [0.717, 1.165) is 18.1 Å². The molecule has 1 unspecified atom stereocenters. The third-order valence-electron chi connectivity index (χ3n) is 2.39. The second-order valence-corrected chi connectivity index (χ2v) is 4.69. The zero-order chi connectivity index (χ0) is 11.3. The Morgan fingerprint density at radius 3 is 2.20 bits per heavy atom. The molecule has 0 saturated heterocycles. The van der Waals surface area contributed by atoms with Crippen LogP contribution < -0.4 is 4.74 Å². The summed E-state index contributed by atoms with van der Waals surface area (Å²) in [6.45, 7) is 7.26. The number of benzene rings is 1. The van der Waals surface area contributed by atoms with Gasteiger partial charge < -0.3 is 4.74 Å². The minimum absolute atomic E-state index is 0.498. The molecular formula is C13H20OS. The van der Waals surface area contributed by atoms with Crippen LogP contribution in [0.1, 0.15) is 32.3 Å². The van der Waals surface area contributed by atoms with Gasteiger partial charge in [0.05, 0.1) is 6.61 Å². The molecule has 15 heavy (non-hydrogen) atoms. The van der Waals surface area contributed by atoms with Crippen molar-refractivity contribution in [2.45, 2.75) is 26.7 Å². The van der Waals surface area contributed by atoms with Gasteiger partial charge in [-0.05, 0) is 35.3 Å². The Labute approximate surface area is 98.3 Å². The lowest BCUT2D eigenvalue weighted by Crippen LogP contribution is -2.09. The fourth-order valence-electron chi connectivity index (χ4n) is 1.24. The van der Waals surface area contributed by atoms with Crippen LogP contribution in [0.5, 0.6) is 5.75 Å². The van der Waals surface area contributed by atoms with Gasteiger partial charge in [-0.2, -0.15) is 12.6 Å². The quantitative estimate of drug-likeness (QED) is 0.749. The van der Waals surface area contributed by atoms with E-state index in [0.29, 0.717) is 11.8 Å². The zero-order valence-electron chi connectivity index (χ0n) is 9.73. The van der Waals surface area contributed by atoms with E-state index >= 15 is 0 Å². The van der Waals surface area contributed by atoms with Gasteiger partial charge in [0.1, 0.15) is 5.75 Å². The van der Waals surface area contributed by atoms with Crippen LogP contribution in [0.15, 0.2) is 24.3 Å². The molecule has 0 aliphatic carbocycles. The number of hydrogen-bond donors (Lipinski definition) is 1. The molecule has 0 fully saturated rings. The standard InChI is InChI=1S/C13H20OS/c1-10(2)12-4-6-13(7-5-12)14-8-11(3)9-15/h4-7,10-11,15H,8-9H2,1-3H3. The highest BCUT2D eigenvalue weighted by Crippen LogP contribution is 2.18. The third-order valence-corrected chi connectivity index (χ3v) is 3.02. The lowest BCUT2D eigenvalue weighted by atomic mass is 10.0. The molecule has 0 saturated carbocycles. The van der Waals surface area contributed by atoms with Gasteiger partial charge in [0.25, 0.3) is 0 Å². The first kappa shape index (κ1) is 12.4. The largest absolute Gasteiger partial charge is 0.493 e. The lowest BCUT2D eigenvalue weighted by molar-refractivity contribution is 0.273. The molecule has 1 atom stereocenters. The number of ether oxygens (including phenoxy) is 1. The minimum Gasteiger partial charge on any atom is -0.493 e. The summed E-state index contributed by atoms with van der Waals surface area (Å²) in [6, 6.07) is 8.35. The number of hydrogen-bond acceptors (Lipinski definition) is 2. The Bertz CT molecular complexity index is 279. The second-order valence-electron chi connectivity index (χ2n) is 4.32. The highest BCUT2D eigenvalue weighted by molar-refractivity contribution is 7.80. The molecule has 1 aromatic rings. The first-order chi connectivity index (χ1) is 7.13. The molecule has 0 amide bonds. The second kappa shape index (κ2) is 6.06. The van der Waals surface area contributed by atoms with Crippen LogP contribution in [-0.4, -0.2) is 12.4 Å². The molecule has 0 aliphatic rings. The van der Waals surface area contributed by atoms with E-state index in [1.54, 1.807) is 0 Å². The van der Waals surface area contributed by atoms with Gasteiger partial charge in [-0.1, -0.05) is 32.9 Å². The summed E-state index contributed by atoms with van der Waals surface area (Å²) >= 11 is 4.23. The number of rotatable bonds is 5. The fourth-order valence-corrected chi connectivity index (χ4v) is 1.35. The smallest absolute Gasteiger partial charge is 0.119 e. The van der Waals surface area contributed by atoms with Crippen molar-refractivity contribution in [2.75, 3.05) is 12.4 Å². The van der Waals surface area contributed by atoms with E-state index in [2.05, 4.69) is 45.5 Å². The highest BCUT2D eigenvalue weighted by atomic mass is 32.1. The Balaban J connectivity index is 2.50. The maximum absolute atomic E-state index is 5.64. The summed E-state index contributed by atoms with van der Waals surface area (Å²) in [5.41, 5.74) is 1.35. The van der Waals surface area contributed by atoms with E-state index in [4.69, 9.17) is 4.74 Å². The van der Waals surface area contributed by atoms with Gasteiger partial charge in [0.15, 0.2) is 0 Å². The molecule has 1 aromatic carbocycles. The topological polar surface area (TPSA) is 9.23 Å². The summed E-state index contributed by atoms with van der Waals surface area (Å²) in [5, 5.41) is 0. The monoisotopic (exact) mass is 224 g/mol. The molecule has 0 bridgehead atoms. The van der Waals surface area contributed by atoms with Crippen molar-refractivity contribution < 1.29 is 4.74 Å². The Kier molecular flexibility index (Phi) is 5.03. The molecule has 0 aromatic heterocycles. The van der Waals surface area contributed by atoms with Gasteiger partial charge in [0.2, 0.25) is 0 Å². The Morgan fingerprint density at radius 1 is 1.13 bits per heavy atom. The van der Waals surface area contributed by atoms with Gasteiger partial charge in [-0.15, -0.1) is 0 Å². The molecule has 0 spiro atoms. The Morgan fingerprint density at radius 2 is 1.73 bits per heavy atom. The first-order valence-electron chi connectivity index (χ1n) is 5.47. The van der Waals surface area contributed by atoms with E-state index in [1.807, 2.05) is 12.1 Å². The first-order valence-corrected chi connectivity index (χ1v) is 6.10. The van der Waals surface area contributed by atoms with Crippen LogP contribution in [-0.2, 0) is 0 Å². The molecule has 0 radical (unpaired) electrons. The van der Waals surface area contributed by atoms with Gasteiger partial charge in [-0.25, -0.2) is 0 Å². The normalized spacial score (nSPS) is 12.9. The molecule has 0 N–H and O–H groups in total. The third kappa shape index (κ3) is 4.17. The average Bonchev–Trinajstić information content (AvgIpc) is 2.26. The van der Waals surface area contributed by atoms with Crippen LogP contribution in [0.4, 0.5) is 0 Å². The zero-order valence-corrected chi connectivity index (χ0v) is 10.6. The fraction of sp³-hybridized carbons (Fsp3) is 0.538. The predicted molar refractivity (Wildman–Crippen MR) is 69.0 cm³/mol. The Hall–Kier alpha value is -0.630. The van der Waals surface area contributed by atoms with Crippen molar-refractivity contribution in [3.63, 3.8) is 0 Å². The summed E-state index contributed by atoms with van der Waals surface area (Å²) in [4.78, 5) is 0. The van der Waals surface area contributed by atoms with Crippen LogP contribution in [0.2, 0.25) is 0 Å². The van der Waals surface area contributed by atoms with E-state index in [-0.39, 0.29) is 0 Å². The van der Waals surface area contributed by atoms with Gasteiger partial charge in [0, 0.05) is 0 Å². The number of thiol groups is 1. The van der Waals surface area contributed by atoms with E-state index < -0.39 is 0 Å². The maximum Gasteiger partial charge on any atom is 0.119 e. The van der Waals surface area contributed by atoms with Crippen molar-refractivity contribution in [3.8, 4) is 5.75 Å². The van der Waals surface area contributed by atoms with Crippen LogP contribution >= 0.6 is 12.6 Å². The van der Waals surface area contributed by atoms with E-state index in [9.17, 15) is 0 Å². The van der Waals surface area contributed by atoms with Crippen molar-refractivity contribution in [1.29, 1.82) is 0 Å². The molecule has 84 valence electrons. The maximum atomic E-state index is 5.64. The SMILES string of the molecule is CC(CS)COc1ccc(C(C)C)cc1. The lowest BCUT2D eigenvalue weighted by Gasteiger charge is -2.11. The molecule has 2 heteroatoms. The predicted octanol–water partition coefficient (Wildman–Crippen LogP) is 3.75. The summed E-state index contributed by atoms with van der Waals surface area (Å²) in [6.07, 6.45) is 0. The average molecular weight is 224 g/mol. The van der Waals surface area contributed by atoms with Crippen molar-refractivity contribution >= 4 is 12.6 Å². The van der Waals surface area contributed by atoms with Crippen molar-refractivity contribution in [3.05, 3.63) is 29.8 Å². The molecule has 0 aliphatic heterocycles. The van der Waals surface area contributed by atoms with Crippen LogP contribution in [0, 0.1) is 5.92 Å². The highest BCUT2D eigenvalue weighted by Gasteiger charge is 2.02. The summed E-state index contributed by atoms with van der Waals surface area (Å²) in [5.74, 6) is 2.89. The minimum atomic E-state index is 0.498. The summed E-state index contributed by atoms with van der Waals surface area (Å²) < 4.78 is 5.64. The molecular weight excluding hydrogens is 204 g/mol. The van der Waals surface area contributed by atoms with Crippen LogP contribution in [0.25, 0.3) is 0 Å². The van der Waals surface area contributed by atoms with Gasteiger partial charge >= 0.3 is 0 Å². The summed E-state index contributed by atoms with van der Waals surface area (Å²) in [7, 11) is 0. The van der Waals surface area contributed by atoms with Gasteiger partial charge in [-0.3, -0.25) is 0 Å². The molecule has 1 rings (SSSR count). The van der Waals surface area contributed by atoms with Crippen LogP contribution in [0.3, 0.4) is 0 Å². The van der Waals surface area contributed by atoms with E-state index in [1.165, 1.54) is 5.56 Å².